The maximum absolute atomic E-state index is 13.3. The minimum absolute atomic E-state index is 0.184. The van der Waals surface area contributed by atoms with Crippen LogP contribution in [0, 0.1) is 11.6 Å². The van der Waals surface area contributed by atoms with Crippen molar-refractivity contribution in [2.75, 3.05) is 0 Å². The number of halogens is 2. The minimum atomic E-state index is -1.30. The maximum Gasteiger partial charge on any atom is 0.339 e. The van der Waals surface area contributed by atoms with Crippen molar-refractivity contribution in [2.24, 2.45) is 0 Å². The Morgan fingerprint density at radius 1 is 1.10 bits per heavy atom. The average molecular weight is 292 g/mol. The van der Waals surface area contributed by atoms with E-state index < -0.39 is 23.6 Å². The lowest BCUT2D eigenvalue weighted by molar-refractivity contribution is -0.131. The highest BCUT2D eigenvalue weighted by molar-refractivity contribution is 5.95. The number of carbonyl (C=O) groups excluding carboxylic acids is 1. The summed E-state index contributed by atoms with van der Waals surface area (Å²) in [4.78, 5) is 22.3. The Hall–Kier alpha value is -2.76. The second-order valence-electron chi connectivity index (χ2n) is 4.21. The molecule has 0 amide bonds. The molecule has 6 heteroatoms. The van der Waals surface area contributed by atoms with E-state index in [9.17, 15) is 18.4 Å². The van der Waals surface area contributed by atoms with Gasteiger partial charge < -0.3 is 9.84 Å². The Labute approximate surface area is 118 Å². The Balaban J connectivity index is 2.66. The number of rotatable bonds is 3. The highest BCUT2D eigenvalue weighted by atomic mass is 19.2. The summed E-state index contributed by atoms with van der Waals surface area (Å²) in [6.07, 6.45) is 0. The standard InChI is InChI=1S/C15H10F2O4/c1-8(18)21-14-10(3-2-4-11(14)15(19)20)9-5-6-12(16)13(17)7-9/h2-7H,1H3,(H,19,20). The van der Waals surface area contributed by atoms with Gasteiger partial charge in [-0.25, -0.2) is 13.6 Å². The van der Waals surface area contributed by atoms with E-state index in [0.29, 0.717) is 0 Å². The Bertz CT molecular complexity index is 726. The molecule has 0 saturated heterocycles. The number of hydrogen-bond donors (Lipinski definition) is 1. The van der Waals surface area contributed by atoms with Gasteiger partial charge in [-0.1, -0.05) is 18.2 Å². The average Bonchev–Trinajstić information content (AvgIpc) is 2.41. The van der Waals surface area contributed by atoms with Crippen LogP contribution in [0.1, 0.15) is 17.3 Å². The number of carboxylic acids is 1. The lowest BCUT2D eigenvalue weighted by Gasteiger charge is -2.12. The van der Waals surface area contributed by atoms with Crippen molar-refractivity contribution in [1.82, 2.24) is 0 Å². The van der Waals surface area contributed by atoms with Crippen molar-refractivity contribution in [1.29, 1.82) is 0 Å². The largest absolute Gasteiger partial charge is 0.478 e. The first-order valence-electron chi connectivity index (χ1n) is 5.90. The molecule has 0 aromatic heterocycles. The van der Waals surface area contributed by atoms with Crippen molar-refractivity contribution in [2.45, 2.75) is 6.92 Å². The summed E-state index contributed by atoms with van der Waals surface area (Å²) in [5, 5.41) is 9.12. The molecule has 0 bridgehead atoms. The van der Waals surface area contributed by atoms with Crippen molar-refractivity contribution < 1.29 is 28.2 Å². The number of carboxylic acid groups (broad SMARTS) is 1. The zero-order chi connectivity index (χ0) is 15.6. The number of benzene rings is 2. The fourth-order valence-corrected chi connectivity index (χ4v) is 1.85. The molecule has 0 aliphatic rings. The Kier molecular flexibility index (Phi) is 3.98. The van der Waals surface area contributed by atoms with Crippen molar-refractivity contribution >= 4 is 11.9 Å². The molecular formula is C15H10F2O4. The van der Waals surface area contributed by atoms with E-state index in [0.717, 1.165) is 19.1 Å². The summed E-state index contributed by atoms with van der Waals surface area (Å²) in [7, 11) is 0. The Morgan fingerprint density at radius 2 is 1.81 bits per heavy atom. The van der Waals surface area contributed by atoms with E-state index in [1.807, 2.05) is 0 Å². The first-order valence-corrected chi connectivity index (χ1v) is 5.90. The molecule has 0 fully saturated rings. The molecule has 0 atom stereocenters. The van der Waals surface area contributed by atoms with Crippen LogP contribution in [0.4, 0.5) is 8.78 Å². The second-order valence-corrected chi connectivity index (χ2v) is 4.21. The summed E-state index contributed by atoms with van der Waals surface area (Å²) in [6.45, 7) is 1.12. The number of esters is 1. The molecular weight excluding hydrogens is 282 g/mol. The highest BCUT2D eigenvalue weighted by Crippen LogP contribution is 2.34. The fourth-order valence-electron chi connectivity index (χ4n) is 1.85. The third-order valence-corrected chi connectivity index (χ3v) is 2.72. The zero-order valence-corrected chi connectivity index (χ0v) is 10.9. The molecule has 1 N–H and O–H groups in total. The SMILES string of the molecule is CC(=O)Oc1c(C(=O)O)cccc1-c1ccc(F)c(F)c1. The van der Waals surface area contributed by atoms with E-state index >= 15 is 0 Å². The van der Waals surface area contributed by atoms with Gasteiger partial charge in [0.15, 0.2) is 17.4 Å². The van der Waals surface area contributed by atoms with Crippen LogP contribution in [0.5, 0.6) is 5.75 Å². The van der Waals surface area contributed by atoms with Crippen LogP contribution in [-0.4, -0.2) is 17.0 Å². The minimum Gasteiger partial charge on any atom is -0.478 e. The smallest absolute Gasteiger partial charge is 0.339 e. The molecule has 0 unspecified atom stereocenters. The third kappa shape index (κ3) is 3.05. The molecule has 0 heterocycles. The second kappa shape index (κ2) is 5.70. The predicted octanol–water partition coefficient (Wildman–Crippen LogP) is 3.26. The van der Waals surface area contributed by atoms with Crippen molar-refractivity contribution in [3.8, 4) is 16.9 Å². The lowest BCUT2D eigenvalue weighted by atomic mass is 10.0. The van der Waals surface area contributed by atoms with E-state index in [4.69, 9.17) is 9.84 Å². The molecule has 2 aromatic carbocycles. The molecule has 0 spiro atoms. The van der Waals surface area contributed by atoms with Crippen molar-refractivity contribution in [3.05, 3.63) is 53.6 Å². The number of ether oxygens (including phenoxy) is 1. The van der Waals surface area contributed by atoms with Gasteiger partial charge in [0.2, 0.25) is 0 Å². The van der Waals surface area contributed by atoms with Crippen molar-refractivity contribution in [3.63, 3.8) is 0 Å². The van der Waals surface area contributed by atoms with E-state index in [2.05, 4.69) is 0 Å². The summed E-state index contributed by atoms with van der Waals surface area (Å²) >= 11 is 0. The molecule has 0 aliphatic carbocycles. The van der Waals surface area contributed by atoms with Gasteiger partial charge in [-0.15, -0.1) is 0 Å². The molecule has 0 saturated carbocycles. The van der Waals surface area contributed by atoms with E-state index in [-0.39, 0.29) is 22.4 Å². The van der Waals surface area contributed by atoms with Gasteiger partial charge in [-0.05, 0) is 23.8 Å². The van der Waals surface area contributed by atoms with Gasteiger partial charge in [0.1, 0.15) is 5.56 Å². The zero-order valence-electron chi connectivity index (χ0n) is 10.9. The van der Waals surface area contributed by atoms with Crippen LogP contribution >= 0.6 is 0 Å². The molecule has 0 radical (unpaired) electrons. The summed E-state index contributed by atoms with van der Waals surface area (Å²) in [5.74, 6) is -4.32. The van der Waals surface area contributed by atoms with Crippen LogP contribution in [0.2, 0.25) is 0 Å². The topological polar surface area (TPSA) is 63.6 Å². The monoisotopic (exact) mass is 292 g/mol. The fraction of sp³-hybridized carbons (Fsp3) is 0.0667. The molecule has 21 heavy (non-hydrogen) atoms. The van der Waals surface area contributed by atoms with Gasteiger partial charge in [0.25, 0.3) is 0 Å². The summed E-state index contributed by atoms with van der Waals surface area (Å²) in [5.41, 5.74) is 0.143. The number of hydrogen-bond acceptors (Lipinski definition) is 3. The van der Waals surface area contributed by atoms with Gasteiger partial charge >= 0.3 is 11.9 Å². The number of carbonyl (C=O) groups is 2. The van der Waals surface area contributed by atoms with Crippen LogP contribution in [-0.2, 0) is 4.79 Å². The summed E-state index contributed by atoms with van der Waals surface area (Å²) < 4.78 is 31.2. The van der Waals surface area contributed by atoms with Crippen LogP contribution < -0.4 is 4.74 Å². The van der Waals surface area contributed by atoms with Crippen LogP contribution in [0.3, 0.4) is 0 Å². The predicted molar refractivity (Wildman–Crippen MR) is 70.1 cm³/mol. The highest BCUT2D eigenvalue weighted by Gasteiger charge is 2.19. The lowest BCUT2D eigenvalue weighted by Crippen LogP contribution is -2.08. The molecule has 2 aromatic rings. The summed E-state index contributed by atoms with van der Waals surface area (Å²) in [6, 6.07) is 7.22. The maximum atomic E-state index is 13.3. The van der Waals surface area contributed by atoms with E-state index in [1.165, 1.54) is 24.3 Å². The number of aromatic carboxylic acids is 1. The molecule has 0 aliphatic heterocycles. The number of para-hydroxylation sites is 1. The molecule has 4 nitrogen and oxygen atoms in total. The third-order valence-electron chi connectivity index (χ3n) is 2.72. The quantitative estimate of drug-likeness (QED) is 0.696. The first kappa shape index (κ1) is 14.6. The van der Waals surface area contributed by atoms with Crippen LogP contribution in [0.25, 0.3) is 11.1 Å². The van der Waals surface area contributed by atoms with Gasteiger partial charge in [-0.2, -0.15) is 0 Å². The Morgan fingerprint density at radius 3 is 2.38 bits per heavy atom. The normalized spacial score (nSPS) is 10.2. The first-order chi connectivity index (χ1) is 9.90. The van der Waals surface area contributed by atoms with Gasteiger partial charge in [0, 0.05) is 12.5 Å². The van der Waals surface area contributed by atoms with Gasteiger partial charge in [-0.3, -0.25) is 4.79 Å². The van der Waals surface area contributed by atoms with Crippen LogP contribution in [0.15, 0.2) is 36.4 Å². The molecule has 108 valence electrons. The van der Waals surface area contributed by atoms with E-state index in [1.54, 1.807) is 0 Å². The molecule has 2 rings (SSSR count). The van der Waals surface area contributed by atoms with Gasteiger partial charge in [0.05, 0.1) is 0 Å².